The molecule has 17 heavy (non-hydrogen) atoms. The molecule has 1 aliphatic heterocycles. The Hall–Kier alpha value is -1.26. The molecular weight excluding hydrogens is 216 g/mol. The molecule has 1 aromatic rings. The van der Waals surface area contributed by atoms with E-state index in [0.29, 0.717) is 6.54 Å². The first-order valence-corrected chi connectivity index (χ1v) is 5.94. The van der Waals surface area contributed by atoms with Crippen molar-refractivity contribution in [2.24, 2.45) is 5.73 Å². The van der Waals surface area contributed by atoms with Crippen LogP contribution in [0.15, 0.2) is 12.1 Å². The third kappa shape index (κ3) is 2.23. The van der Waals surface area contributed by atoms with Gasteiger partial charge in [-0.15, -0.1) is 0 Å². The number of ether oxygens (including phenoxy) is 2. The summed E-state index contributed by atoms with van der Waals surface area (Å²) in [4.78, 5) is 0. The summed E-state index contributed by atoms with van der Waals surface area (Å²) < 4.78 is 11.2. The van der Waals surface area contributed by atoms with E-state index >= 15 is 0 Å². The van der Waals surface area contributed by atoms with Gasteiger partial charge in [0.15, 0.2) is 0 Å². The lowest BCUT2D eigenvalue weighted by molar-refractivity contribution is 0.254. The number of hydrogen-bond acceptors (Lipinski definition) is 4. The highest BCUT2D eigenvalue weighted by molar-refractivity contribution is 5.50. The van der Waals surface area contributed by atoms with Crippen molar-refractivity contribution < 1.29 is 9.47 Å². The van der Waals surface area contributed by atoms with Crippen LogP contribution in [0.5, 0.6) is 11.5 Å². The summed E-state index contributed by atoms with van der Waals surface area (Å²) in [6, 6.07) is 4.20. The van der Waals surface area contributed by atoms with Crippen LogP contribution in [0, 0.1) is 0 Å². The zero-order valence-corrected chi connectivity index (χ0v) is 10.6. The Kier molecular flexibility index (Phi) is 3.54. The van der Waals surface area contributed by atoms with Crippen LogP contribution in [0.2, 0.25) is 0 Å². The van der Waals surface area contributed by atoms with Crippen LogP contribution in [0.3, 0.4) is 0 Å². The number of methoxy groups -OCH3 is 1. The third-order valence-corrected chi connectivity index (χ3v) is 3.21. The van der Waals surface area contributed by atoms with E-state index in [2.05, 4.69) is 18.3 Å². The zero-order valence-electron chi connectivity index (χ0n) is 10.6. The molecule has 1 aromatic carbocycles. The average Bonchev–Trinajstić information content (AvgIpc) is 2.68. The molecule has 0 aromatic heterocycles. The summed E-state index contributed by atoms with van der Waals surface area (Å²) in [5, 5.41) is 3.18. The van der Waals surface area contributed by atoms with Crippen molar-refractivity contribution in [1.82, 2.24) is 5.32 Å². The van der Waals surface area contributed by atoms with Crippen LogP contribution in [-0.4, -0.2) is 26.8 Å². The van der Waals surface area contributed by atoms with E-state index in [1.54, 1.807) is 7.11 Å². The van der Waals surface area contributed by atoms with Gasteiger partial charge in [-0.05, 0) is 26.1 Å². The molecule has 1 aliphatic rings. The van der Waals surface area contributed by atoms with E-state index in [4.69, 9.17) is 15.2 Å². The number of rotatable bonds is 4. The Morgan fingerprint density at radius 1 is 1.59 bits per heavy atom. The molecule has 0 amide bonds. The minimum atomic E-state index is 0.0924. The standard InChI is InChI=1S/C13H20N2O2/c1-8-4-9-5-13(16-3)10(6-12(9)17-8)11(7-14)15-2/h5-6,8,11,15H,4,7,14H2,1-3H3. The van der Waals surface area contributed by atoms with Gasteiger partial charge in [0.1, 0.15) is 17.6 Å². The van der Waals surface area contributed by atoms with Crippen molar-refractivity contribution in [1.29, 1.82) is 0 Å². The van der Waals surface area contributed by atoms with Gasteiger partial charge in [0.05, 0.1) is 7.11 Å². The number of fused-ring (bicyclic) bond motifs is 1. The molecule has 2 unspecified atom stereocenters. The molecule has 0 bridgehead atoms. The van der Waals surface area contributed by atoms with Gasteiger partial charge in [-0.1, -0.05) is 0 Å². The third-order valence-electron chi connectivity index (χ3n) is 3.21. The summed E-state index contributed by atoms with van der Waals surface area (Å²) in [5.41, 5.74) is 8.03. The molecular formula is C13H20N2O2. The molecule has 0 radical (unpaired) electrons. The predicted molar refractivity (Wildman–Crippen MR) is 67.6 cm³/mol. The lowest BCUT2D eigenvalue weighted by atomic mass is 10.0. The Morgan fingerprint density at radius 2 is 2.35 bits per heavy atom. The van der Waals surface area contributed by atoms with Crippen LogP contribution >= 0.6 is 0 Å². The van der Waals surface area contributed by atoms with Crippen molar-refractivity contribution in [3.8, 4) is 11.5 Å². The summed E-state index contributed by atoms with van der Waals surface area (Å²) in [6.45, 7) is 2.60. The Labute approximate surface area is 102 Å². The summed E-state index contributed by atoms with van der Waals surface area (Å²) in [7, 11) is 3.58. The zero-order chi connectivity index (χ0) is 12.4. The molecule has 94 valence electrons. The van der Waals surface area contributed by atoms with E-state index in [9.17, 15) is 0 Å². The number of nitrogens with one attached hydrogen (secondary N) is 1. The minimum absolute atomic E-state index is 0.0924. The van der Waals surface area contributed by atoms with Crippen molar-refractivity contribution in [3.05, 3.63) is 23.3 Å². The second-order valence-corrected chi connectivity index (χ2v) is 4.41. The van der Waals surface area contributed by atoms with E-state index in [1.807, 2.05) is 13.1 Å². The molecule has 2 atom stereocenters. The molecule has 1 heterocycles. The molecule has 0 saturated carbocycles. The molecule has 2 rings (SSSR count). The first-order valence-electron chi connectivity index (χ1n) is 5.94. The van der Waals surface area contributed by atoms with E-state index in [1.165, 1.54) is 5.56 Å². The van der Waals surface area contributed by atoms with Gasteiger partial charge in [0.25, 0.3) is 0 Å². The van der Waals surface area contributed by atoms with Crippen molar-refractivity contribution in [2.75, 3.05) is 20.7 Å². The van der Waals surface area contributed by atoms with Crippen LogP contribution in [-0.2, 0) is 6.42 Å². The topological polar surface area (TPSA) is 56.5 Å². The molecule has 0 fully saturated rings. The Bertz CT molecular complexity index is 403. The lowest BCUT2D eigenvalue weighted by Gasteiger charge is -2.18. The van der Waals surface area contributed by atoms with Gasteiger partial charge in [-0.3, -0.25) is 0 Å². The fourth-order valence-electron chi connectivity index (χ4n) is 2.30. The fourth-order valence-corrected chi connectivity index (χ4v) is 2.30. The van der Waals surface area contributed by atoms with Gasteiger partial charge < -0.3 is 20.5 Å². The summed E-state index contributed by atoms with van der Waals surface area (Å²) in [5.74, 6) is 1.84. The summed E-state index contributed by atoms with van der Waals surface area (Å²) in [6.07, 6.45) is 1.19. The second-order valence-electron chi connectivity index (χ2n) is 4.41. The normalized spacial score (nSPS) is 19.6. The predicted octanol–water partition coefficient (Wildman–Crippen LogP) is 1.24. The SMILES string of the molecule is CNC(CN)c1cc2c(cc1OC)CC(C)O2. The number of nitrogens with two attached hydrogens (primary N) is 1. The maximum absolute atomic E-state index is 5.76. The van der Waals surface area contributed by atoms with Crippen LogP contribution in [0.1, 0.15) is 24.1 Å². The lowest BCUT2D eigenvalue weighted by Crippen LogP contribution is -2.25. The summed E-state index contributed by atoms with van der Waals surface area (Å²) >= 11 is 0. The first-order chi connectivity index (χ1) is 8.19. The van der Waals surface area contributed by atoms with E-state index in [0.717, 1.165) is 23.5 Å². The smallest absolute Gasteiger partial charge is 0.124 e. The van der Waals surface area contributed by atoms with Crippen LogP contribution in [0.4, 0.5) is 0 Å². The molecule has 0 spiro atoms. The molecule has 0 saturated heterocycles. The monoisotopic (exact) mass is 236 g/mol. The molecule has 4 nitrogen and oxygen atoms in total. The molecule has 0 aliphatic carbocycles. The second kappa shape index (κ2) is 4.94. The highest BCUT2D eigenvalue weighted by Gasteiger charge is 2.23. The van der Waals surface area contributed by atoms with Crippen molar-refractivity contribution in [3.63, 3.8) is 0 Å². The van der Waals surface area contributed by atoms with Gasteiger partial charge in [0.2, 0.25) is 0 Å². The van der Waals surface area contributed by atoms with Crippen molar-refractivity contribution >= 4 is 0 Å². The Morgan fingerprint density at radius 3 is 2.94 bits per heavy atom. The van der Waals surface area contributed by atoms with Gasteiger partial charge in [0, 0.05) is 30.1 Å². The first kappa shape index (κ1) is 12.2. The van der Waals surface area contributed by atoms with Crippen LogP contribution in [0.25, 0.3) is 0 Å². The number of likely N-dealkylation sites (N-methyl/N-ethyl adjacent to an activating group) is 1. The van der Waals surface area contributed by atoms with Crippen LogP contribution < -0.4 is 20.5 Å². The average molecular weight is 236 g/mol. The fraction of sp³-hybridized carbons (Fsp3) is 0.538. The van der Waals surface area contributed by atoms with Crippen molar-refractivity contribution in [2.45, 2.75) is 25.5 Å². The maximum atomic E-state index is 5.76. The van der Waals surface area contributed by atoms with Gasteiger partial charge in [-0.25, -0.2) is 0 Å². The Balaban J connectivity index is 2.42. The van der Waals surface area contributed by atoms with Gasteiger partial charge >= 0.3 is 0 Å². The molecule has 3 N–H and O–H groups in total. The largest absolute Gasteiger partial charge is 0.496 e. The highest BCUT2D eigenvalue weighted by atomic mass is 16.5. The van der Waals surface area contributed by atoms with Gasteiger partial charge in [-0.2, -0.15) is 0 Å². The maximum Gasteiger partial charge on any atom is 0.124 e. The molecule has 4 heteroatoms. The number of hydrogen-bond donors (Lipinski definition) is 2. The quantitative estimate of drug-likeness (QED) is 0.826. The van der Waals surface area contributed by atoms with E-state index in [-0.39, 0.29) is 12.1 Å². The highest BCUT2D eigenvalue weighted by Crippen LogP contribution is 2.37. The van der Waals surface area contributed by atoms with E-state index < -0.39 is 0 Å². The minimum Gasteiger partial charge on any atom is -0.496 e. The number of benzene rings is 1.